The van der Waals surface area contributed by atoms with Gasteiger partial charge in [-0.15, -0.1) is 0 Å². The van der Waals surface area contributed by atoms with Crippen LogP contribution in [0.3, 0.4) is 0 Å². The van der Waals surface area contributed by atoms with Gasteiger partial charge in [0.05, 0.1) is 26.9 Å². The van der Waals surface area contributed by atoms with Gasteiger partial charge in [-0.1, -0.05) is 17.3 Å². The van der Waals surface area contributed by atoms with Crippen LogP contribution in [0.25, 0.3) is 17.5 Å². The number of carbonyl (C=O) groups excluding carboxylic acids is 2. The molecule has 178 valence electrons. The van der Waals surface area contributed by atoms with Crippen molar-refractivity contribution in [2.24, 2.45) is 0 Å². The van der Waals surface area contributed by atoms with E-state index in [9.17, 15) is 9.59 Å². The number of nitrogens with zero attached hydrogens (tertiary/aromatic N) is 2. The van der Waals surface area contributed by atoms with Gasteiger partial charge in [-0.25, -0.2) is 4.79 Å². The van der Waals surface area contributed by atoms with Crippen molar-refractivity contribution < 1.29 is 33.1 Å². The molecule has 0 aliphatic carbocycles. The number of amides is 1. The fraction of sp³-hybridized carbons (Fsp3) is 0.250. The molecule has 1 N–H and O–H groups in total. The Balaban J connectivity index is 1.52. The second-order valence-corrected chi connectivity index (χ2v) is 7.02. The van der Waals surface area contributed by atoms with E-state index < -0.39 is 17.9 Å². The van der Waals surface area contributed by atoms with E-state index >= 15 is 0 Å². The number of hydrogen-bond acceptors (Lipinski definition) is 9. The highest BCUT2D eigenvalue weighted by atomic mass is 16.6. The highest BCUT2D eigenvalue weighted by molar-refractivity contribution is 5.94. The summed E-state index contributed by atoms with van der Waals surface area (Å²) in [6.45, 7) is 1.27. The Hall–Kier alpha value is -4.34. The van der Waals surface area contributed by atoms with E-state index in [2.05, 4.69) is 15.5 Å². The topological polar surface area (TPSA) is 122 Å². The average Bonchev–Trinajstić information content (AvgIpc) is 3.34. The third-order valence-electron chi connectivity index (χ3n) is 4.71. The number of rotatable bonds is 10. The molecule has 0 radical (unpaired) electrons. The van der Waals surface area contributed by atoms with Crippen LogP contribution < -0.4 is 19.5 Å². The van der Waals surface area contributed by atoms with Gasteiger partial charge in [-0.3, -0.25) is 4.79 Å². The molecule has 1 aromatic heterocycles. The Bertz CT molecular complexity index is 1160. The van der Waals surface area contributed by atoms with Gasteiger partial charge < -0.3 is 28.8 Å². The molecule has 10 heteroatoms. The lowest BCUT2D eigenvalue weighted by Crippen LogP contribution is -2.38. The van der Waals surface area contributed by atoms with E-state index in [-0.39, 0.29) is 18.3 Å². The van der Waals surface area contributed by atoms with Crippen molar-refractivity contribution in [2.45, 2.75) is 19.6 Å². The molecule has 0 bridgehead atoms. The van der Waals surface area contributed by atoms with Crippen LogP contribution in [0.5, 0.6) is 17.2 Å². The SMILES string of the molecule is COc1ccc(/C=C/C(=O)N[C@@H](C)C(=O)OCc2nc(-c3ccc(OC)cc3OC)no2)cc1. The second-order valence-electron chi connectivity index (χ2n) is 7.02. The third-order valence-corrected chi connectivity index (χ3v) is 4.71. The van der Waals surface area contributed by atoms with E-state index in [1.807, 2.05) is 0 Å². The first-order valence-electron chi connectivity index (χ1n) is 10.3. The van der Waals surface area contributed by atoms with Crippen LogP contribution in [0.4, 0.5) is 0 Å². The summed E-state index contributed by atoms with van der Waals surface area (Å²) in [5, 5.41) is 6.45. The maximum Gasteiger partial charge on any atom is 0.328 e. The van der Waals surface area contributed by atoms with Gasteiger partial charge in [0, 0.05) is 12.1 Å². The van der Waals surface area contributed by atoms with Crippen LogP contribution in [-0.4, -0.2) is 49.4 Å². The van der Waals surface area contributed by atoms with Crippen LogP contribution >= 0.6 is 0 Å². The van der Waals surface area contributed by atoms with Crippen LogP contribution in [0.2, 0.25) is 0 Å². The molecule has 0 aliphatic heterocycles. The van der Waals surface area contributed by atoms with E-state index in [1.165, 1.54) is 20.1 Å². The fourth-order valence-corrected chi connectivity index (χ4v) is 2.87. The lowest BCUT2D eigenvalue weighted by Gasteiger charge is -2.11. The zero-order valence-corrected chi connectivity index (χ0v) is 19.2. The van der Waals surface area contributed by atoms with Gasteiger partial charge in [0.1, 0.15) is 23.3 Å². The lowest BCUT2D eigenvalue weighted by molar-refractivity contribution is -0.149. The molecular formula is C24H25N3O7. The molecule has 0 aliphatic rings. The lowest BCUT2D eigenvalue weighted by atomic mass is 10.2. The minimum atomic E-state index is -0.878. The molecule has 0 fully saturated rings. The van der Waals surface area contributed by atoms with Crippen molar-refractivity contribution >= 4 is 18.0 Å². The molecule has 1 heterocycles. The van der Waals surface area contributed by atoms with Crippen LogP contribution in [-0.2, 0) is 20.9 Å². The monoisotopic (exact) mass is 467 g/mol. The fourth-order valence-electron chi connectivity index (χ4n) is 2.87. The van der Waals surface area contributed by atoms with Crippen molar-refractivity contribution in [2.75, 3.05) is 21.3 Å². The normalized spacial score (nSPS) is 11.6. The van der Waals surface area contributed by atoms with Crippen molar-refractivity contribution in [1.82, 2.24) is 15.5 Å². The Morgan fingerprint density at radius 1 is 1.03 bits per heavy atom. The van der Waals surface area contributed by atoms with E-state index in [1.54, 1.807) is 62.8 Å². The highest BCUT2D eigenvalue weighted by Crippen LogP contribution is 2.31. The summed E-state index contributed by atoms with van der Waals surface area (Å²) < 4.78 is 25.9. The predicted molar refractivity (Wildman–Crippen MR) is 122 cm³/mol. The largest absolute Gasteiger partial charge is 0.497 e. The van der Waals surface area contributed by atoms with Crippen LogP contribution in [0.1, 0.15) is 18.4 Å². The van der Waals surface area contributed by atoms with E-state index in [0.717, 1.165) is 11.3 Å². The van der Waals surface area contributed by atoms with Crippen molar-refractivity contribution in [3.63, 3.8) is 0 Å². The van der Waals surface area contributed by atoms with Gasteiger partial charge in [0.25, 0.3) is 5.89 Å². The third kappa shape index (κ3) is 6.35. The summed E-state index contributed by atoms with van der Waals surface area (Å²) in [6.07, 6.45) is 2.96. The summed E-state index contributed by atoms with van der Waals surface area (Å²) in [5.74, 6) is 1.12. The average molecular weight is 467 g/mol. The van der Waals surface area contributed by atoms with Gasteiger partial charge in [-0.05, 0) is 42.8 Å². The summed E-state index contributed by atoms with van der Waals surface area (Å²) in [5.41, 5.74) is 1.40. The molecule has 1 atom stereocenters. The van der Waals surface area contributed by atoms with Gasteiger partial charge in [0.2, 0.25) is 11.7 Å². The molecular weight excluding hydrogens is 442 g/mol. The van der Waals surface area contributed by atoms with E-state index in [4.69, 9.17) is 23.5 Å². The molecule has 3 aromatic rings. The second kappa shape index (κ2) is 11.5. The van der Waals surface area contributed by atoms with Gasteiger partial charge >= 0.3 is 5.97 Å². The summed E-state index contributed by atoms with van der Waals surface area (Å²) in [7, 11) is 4.65. The van der Waals surface area contributed by atoms with Crippen molar-refractivity contribution in [3.8, 4) is 28.6 Å². The number of nitrogens with one attached hydrogen (secondary N) is 1. The maximum atomic E-state index is 12.2. The molecule has 0 saturated heterocycles. The van der Waals surface area contributed by atoms with Crippen molar-refractivity contribution in [3.05, 3.63) is 60.0 Å². The number of ether oxygens (including phenoxy) is 4. The molecule has 0 spiro atoms. The zero-order valence-electron chi connectivity index (χ0n) is 19.2. The standard InChI is InChI=1S/C24H25N3O7/c1-15(25-21(28)12-7-16-5-8-17(30-2)9-6-16)24(29)33-14-22-26-23(27-34-22)19-11-10-18(31-3)13-20(19)32-4/h5-13,15H,14H2,1-4H3,(H,25,28)/b12-7+/t15-/m0/s1. The maximum absolute atomic E-state index is 12.2. The summed E-state index contributed by atoms with van der Waals surface area (Å²) in [6, 6.07) is 11.5. The quantitative estimate of drug-likeness (QED) is 0.354. The number of carbonyl (C=O) groups is 2. The Morgan fingerprint density at radius 2 is 1.74 bits per heavy atom. The van der Waals surface area contributed by atoms with Crippen LogP contribution in [0, 0.1) is 0 Å². The molecule has 10 nitrogen and oxygen atoms in total. The number of hydrogen-bond donors (Lipinski definition) is 1. The molecule has 34 heavy (non-hydrogen) atoms. The minimum Gasteiger partial charge on any atom is -0.497 e. The number of esters is 1. The molecule has 2 aromatic carbocycles. The van der Waals surface area contributed by atoms with Crippen LogP contribution in [0.15, 0.2) is 53.1 Å². The summed E-state index contributed by atoms with van der Waals surface area (Å²) in [4.78, 5) is 28.6. The molecule has 0 unspecified atom stereocenters. The first kappa shape index (κ1) is 24.3. The van der Waals surface area contributed by atoms with Crippen molar-refractivity contribution in [1.29, 1.82) is 0 Å². The first-order valence-corrected chi connectivity index (χ1v) is 10.3. The molecule has 3 rings (SSSR count). The Morgan fingerprint density at radius 3 is 2.41 bits per heavy atom. The Kier molecular flexibility index (Phi) is 8.22. The Labute approximate surface area is 196 Å². The van der Waals surface area contributed by atoms with Gasteiger partial charge in [-0.2, -0.15) is 4.98 Å². The molecule has 1 amide bonds. The highest BCUT2D eigenvalue weighted by Gasteiger charge is 2.19. The van der Waals surface area contributed by atoms with Gasteiger partial charge in [0.15, 0.2) is 6.61 Å². The summed E-state index contributed by atoms with van der Waals surface area (Å²) >= 11 is 0. The first-order chi connectivity index (χ1) is 16.4. The zero-order chi connectivity index (χ0) is 24.5. The number of benzene rings is 2. The number of methoxy groups -OCH3 is 3. The minimum absolute atomic E-state index is 0.0964. The predicted octanol–water partition coefficient (Wildman–Crippen LogP) is 3.02. The smallest absolute Gasteiger partial charge is 0.328 e. The molecule has 0 saturated carbocycles. The van der Waals surface area contributed by atoms with E-state index in [0.29, 0.717) is 17.1 Å². The number of aromatic nitrogens is 2.